The number of aromatic nitrogens is 1. The van der Waals surface area contributed by atoms with Gasteiger partial charge >= 0.3 is 5.97 Å². The molecule has 3 rings (SSSR count). The highest BCUT2D eigenvalue weighted by molar-refractivity contribution is 5.95. The number of benzene rings is 2. The molecule has 0 saturated carbocycles. The van der Waals surface area contributed by atoms with Crippen LogP contribution in [0, 0.1) is 5.82 Å². The predicted octanol–water partition coefficient (Wildman–Crippen LogP) is 3.67. The molecule has 19 heavy (non-hydrogen) atoms. The third-order valence-corrected chi connectivity index (χ3v) is 3.04. The highest BCUT2D eigenvalue weighted by Gasteiger charge is 2.09. The van der Waals surface area contributed by atoms with E-state index in [0.717, 1.165) is 16.5 Å². The van der Waals surface area contributed by atoms with E-state index < -0.39 is 5.97 Å². The van der Waals surface area contributed by atoms with Gasteiger partial charge in [0.2, 0.25) is 0 Å². The number of aromatic carboxylic acids is 1. The Morgan fingerprint density at radius 2 is 1.89 bits per heavy atom. The summed E-state index contributed by atoms with van der Waals surface area (Å²) >= 11 is 0. The minimum Gasteiger partial charge on any atom is -0.477 e. The first kappa shape index (κ1) is 11.5. The Bertz CT molecular complexity index is 777. The molecule has 0 aliphatic heterocycles. The average molecular weight is 255 g/mol. The van der Waals surface area contributed by atoms with Gasteiger partial charge in [-0.05, 0) is 29.8 Å². The second-order valence-electron chi connectivity index (χ2n) is 4.27. The van der Waals surface area contributed by atoms with E-state index >= 15 is 0 Å². The molecule has 1 heterocycles. The molecule has 94 valence electrons. The molecule has 2 N–H and O–H groups in total. The fourth-order valence-electron chi connectivity index (χ4n) is 2.11. The van der Waals surface area contributed by atoms with Gasteiger partial charge in [0.25, 0.3) is 0 Å². The molecular weight excluding hydrogens is 245 g/mol. The topological polar surface area (TPSA) is 53.1 Å². The van der Waals surface area contributed by atoms with Crippen LogP contribution in [-0.2, 0) is 0 Å². The Balaban J connectivity index is 2.16. The Kier molecular flexibility index (Phi) is 2.56. The maximum Gasteiger partial charge on any atom is 0.352 e. The number of carboxylic acids is 1. The third kappa shape index (κ3) is 1.97. The van der Waals surface area contributed by atoms with Gasteiger partial charge in [-0.1, -0.05) is 24.3 Å². The van der Waals surface area contributed by atoms with Gasteiger partial charge in [0.1, 0.15) is 11.5 Å². The Morgan fingerprint density at radius 1 is 1.11 bits per heavy atom. The lowest BCUT2D eigenvalue weighted by Gasteiger charge is -2.03. The molecular formula is C15H10FNO2. The number of halogens is 1. The van der Waals surface area contributed by atoms with Crippen molar-refractivity contribution in [1.82, 2.24) is 4.98 Å². The summed E-state index contributed by atoms with van der Waals surface area (Å²) in [6.07, 6.45) is 0. The lowest BCUT2D eigenvalue weighted by atomic mass is 10.0. The van der Waals surface area contributed by atoms with Crippen LogP contribution in [-0.4, -0.2) is 16.1 Å². The van der Waals surface area contributed by atoms with Crippen molar-refractivity contribution >= 4 is 16.9 Å². The zero-order chi connectivity index (χ0) is 13.4. The van der Waals surface area contributed by atoms with E-state index in [2.05, 4.69) is 4.98 Å². The quantitative estimate of drug-likeness (QED) is 0.734. The largest absolute Gasteiger partial charge is 0.477 e. The zero-order valence-electron chi connectivity index (χ0n) is 9.85. The van der Waals surface area contributed by atoms with Gasteiger partial charge in [0.15, 0.2) is 0 Å². The third-order valence-electron chi connectivity index (χ3n) is 3.04. The van der Waals surface area contributed by atoms with Crippen LogP contribution in [0.15, 0.2) is 48.5 Å². The highest BCUT2D eigenvalue weighted by Crippen LogP contribution is 2.26. The van der Waals surface area contributed by atoms with Crippen LogP contribution >= 0.6 is 0 Å². The Morgan fingerprint density at radius 3 is 2.63 bits per heavy atom. The monoisotopic (exact) mass is 255 g/mol. The van der Waals surface area contributed by atoms with Crippen LogP contribution in [0.2, 0.25) is 0 Å². The molecule has 0 aliphatic carbocycles. The van der Waals surface area contributed by atoms with E-state index in [0.29, 0.717) is 5.56 Å². The van der Waals surface area contributed by atoms with Crippen molar-refractivity contribution in [3.05, 3.63) is 60.0 Å². The predicted molar refractivity (Wildman–Crippen MR) is 70.7 cm³/mol. The zero-order valence-corrected chi connectivity index (χ0v) is 9.85. The number of hydrogen-bond acceptors (Lipinski definition) is 1. The molecule has 0 saturated heterocycles. The van der Waals surface area contributed by atoms with E-state index in [9.17, 15) is 9.18 Å². The van der Waals surface area contributed by atoms with E-state index in [1.54, 1.807) is 42.5 Å². The van der Waals surface area contributed by atoms with Crippen LogP contribution in [0.5, 0.6) is 0 Å². The number of fused-ring (bicyclic) bond motifs is 1. The number of nitrogens with one attached hydrogen (secondary N) is 1. The molecule has 0 bridgehead atoms. The maximum atomic E-state index is 13.7. The van der Waals surface area contributed by atoms with E-state index in [-0.39, 0.29) is 11.5 Å². The molecule has 0 amide bonds. The lowest BCUT2D eigenvalue weighted by Crippen LogP contribution is -1.94. The number of rotatable bonds is 2. The minimum absolute atomic E-state index is 0.126. The van der Waals surface area contributed by atoms with Crippen LogP contribution in [0.25, 0.3) is 22.0 Å². The maximum absolute atomic E-state index is 13.7. The van der Waals surface area contributed by atoms with Crippen LogP contribution in [0.3, 0.4) is 0 Å². The summed E-state index contributed by atoms with van der Waals surface area (Å²) in [4.78, 5) is 13.7. The molecule has 2 aromatic carbocycles. The normalized spacial score (nSPS) is 10.8. The number of H-pyrrole nitrogens is 1. The number of hydrogen-bond donors (Lipinski definition) is 2. The first-order valence-corrected chi connectivity index (χ1v) is 5.76. The summed E-state index contributed by atoms with van der Waals surface area (Å²) in [6.45, 7) is 0. The van der Waals surface area contributed by atoms with Crippen molar-refractivity contribution in [3.63, 3.8) is 0 Å². The first-order chi connectivity index (χ1) is 9.15. The van der Waals surface area contributed by atoms with Gasteiger partial charge in [-0.15, -0.1) is 0 Å². The van der Waals surface area contributed by atoms with Gasteiger partial charge in [0, 0.05) is 16.5 Å². The molecule has 3 nitrogen and oxygen atoms in total. The smallest absolute Gasteiger partial charge is 0.352 e. The van der Waals surface area contributed by atoms with E-state index in [1.807, 2.05) is 0 Å². The molecule has 1 aromatic heterocycles. The van der Waals surface area contributed by atoms with Crippen molar-refractivity contribution in [3.8, 4) is 11.1 Å². The van der Waals surface area contributed by atoms with Crippen molar-refractivity contribution in [2.45, 2.75) is 0 Å². The molecule has 3 aromatic rings. The Labute approximate surface area is 108 Å². The first-order valence-electron chi connectivity index (χ1n) is 5.76. The molecule has 0 fully saturated rings. The number of carbonyl (C=O) groups is 1. The van der Waals surface area contributed by atoms with Crippen molar-refractivity contribution in [2.24, 2.45) is 0 Å². The van der Waals surface area contributed by atoms with Crippen LogP contribution in [0.4, 0.5) is 4.39 Å². The Hall–Kier alpha value is -2.62. The van der Waals surface area contributed by atoms with Gasteiger partial charge in [-0.25, -0.2) is 9.18 Å². The van der Waals surface area contributed by atoms with Crippen LogP contribution in [0.1, 0.15) is 10.5 Å². The summed E-state index contributed by atoms with van der Waals surface area (Å²) in [5.74, 6) is -1.31. The molecule has 0 unspecified atom stereocenters. The molecule has 4 heteroatoms. The van der Waals surface area contributed by atoms with Gasteiger partial charge in [-0.3, -0.25) is 0 Å². The fourth-order valence-corrected chi connectivity index (χ4v) is 2.11. The lowest BCUT2D eigenvalue weighted by molar-refractivity contribution is 0.0691. The molecule has 0 spiro atoms. The van der Waals surface area contributed by atoms with E-state index in [4.69, 9.17) is 5.11 Å². The van der Waals surface area contributed by atoms with Gasteiger partial charge in [0.05, 0.1) is 0 Å². The standard InChI is InChI=1S/C15H10FNO2/c16-12-4-2-1-3-11(12)9-5-6-13-10(7-9)8-14(17-13)15(18)19/h1-8,17H,(H,18,19). The minimum atomic E-state index is -1.01. The summed E-state index contributed by atoms with van der Waals surface area (Å²) in [5, 5.41) is 9.67. The summed E-state index contributed by atoms with van der Waals surface area (Å²) < 4.78 is 13.7. The average Bonchev–Trinajstić information content (AvgIpc) is 2.82. The molecule has 0 aliphatic rings. The van der Waals surface area contributed by atoms with Gasteiger partial charge < -0.3 is 10.1 Å². The second-order valence-corrected chi connectivity index (χ2v) is 4.27. The summed E-state index contributed by atoms with van der Waals surface area (Å²) in [6, 6.07) is 13.3. The van der Waals surface area contributed by atoms with Crippen molar-refractivity contribution in [2.75, 3.05) is 0 Å². The summed E-state index contributed by atoms with van der Waals surface area (Å²) in [5.41, 5.74) is 2.07. The number of aromatic amines is 1. The molecule has 0 radical (unpaired) electrons. The van der Waals surface area contributed by atoms with Crippen LogP contribution < -0.4 is 0 Å². The molecule has 0 atom stereocenters. The highest BCUT2D eigenvalue weighted by atomic mass is 19.1. The SMILES string of the molecule is O=C(O)c1cc2cc(-c3ccccc3F)ccc2[nH]1. The fraction of sp³-hybridized carbons (Fsp3) is 0. The van der Waals surface area contributed by atoms with Crippen molar-refractivity contribution in [1.29, 1.82) is 0 Å². The van der Waals surface area contributed by atoms with E-state index in [1.165, 1.54) is 6.07 Å². The van der Waals surface area contributed by atoms with Crippen molar-refractivity contribution < 1.29 is 14.3 Å². The number of carboxylic acid groups (broad SMARTS) is 1. The second kappa shape index (κ2) is 4.24. The summed E-state index contributed by atoms with van der Waals surface area (Å²) in [7, 11) is 0. The van der Waals surface area contributed by atoms with Gasteiger partial charge in [-0.2, -0.15) is 0 Å².